The molecule has 1 saturated carbocycles. The molecule has 2 fully saturated rings. The smallest absolute Gasteiger partial charge is 0.399 e. The van der Waals surface area contributed by atoms with Crippen LogP contribution in [0.3, 0.4) is 0 Å². The molecular formula is C15H20BFO3. The van der Waals surface area contributed by atoms with E-state index >= 15 is 0 Å². The van der Waals surface area contributed by atoms with Gasteiger partial charge in [-0.05, 0) is 63.7 Å². The van der Waals surface area contributed by atoms with Crippen molar-refractivity contribution in [2.45, 2.75) is 57.3 Å². The number of hydrogen-bond donors (Lipinski definition) is 1. The molecule has 1 heterocycles. The van der Waals surface area contributed by atoms with Crippen LogP contribution >= 0.6 is 0 Å². The lowest BCUT2D eigenvalue weighted by Gasteiger charge is -2.32. The molecule has 0 amide bonds. The molecule has 1 N–H and O–H groups in total. The molecule has 0 aromatic heterocycles. The van der Waals surface area contributed by atoms with Crippen LogP contribution in [-0.2, 0) is 14.9 Å². The molecule has 5 heteroatoms. The Morgan fingerprint density at radius 3 is 2.10 bits per heavy atom. The van der Waals surface area contributed by atoms with Crippen LogP contribution in [0.25, 0.3) is 0 Å². The number of hydrogen-bond acceptors (Lipinski definition) is 3. The lowest BCUT2D eigenvalue weighted by atomic mass is 9.77. The van der Waals surface area contributed by atoms with Crippen LogP contribution in [0.1, 0.15) is 46.1 Å². The van der Waals surface area contributed by atoms with E-state index in [1.54, 1.807) is 6.07 Å². The van der Waals surface area contributed by atoms with Crippen LogP contribution in [-0.4, -0.2) is 23.4 Å². The molecule has 3 nitrogen and oxygen atoms in total. The topological polar surface area (TPSA) is 38.7 Å². The zero-order valence-corrected chi connectivity index (χ0v) is 12.4. The highest BCUT2D eigenvalue weighted by Crippen LogP contribution is 2.45. The second-order valence-corrected chi connectivity index (χ2v) is 6.89. The highest BCUT2D eigenvalue weighted by molar-refractivity contribution is 6.62. The van der Waals surface area contributed by atoms with Crippen molar-refractivity contribution in [3.05, 3.63) is 29.6 Å². The molecule has 0 bridgehead atoms. The third kappa shape index (κ3) is 2.18. The van der Waals surface area contributed by atoms with E-state index in [0.717, 1.165) is 0 Å². The van der Waals surface area contributed by atoms with Gasteiger partial charge in [-0.15, -0.1) is 0 Å². The summed E-state index contributed by atoms with van der Waals surface area (Å²) in [6, 6.07) is 4.59. The van der Waals surface area contributed by atoms with Gasteiger partial charge in [0.2, 0.25) is 0 Å². The number of benzene rings is 1. The summed E-state index contributed by atoms with van der Waals surface area (Å²) in [5, 5.41) is 10.1. The minimum absolute atomic E-state index is 0.368. The monoisotopic (exact) mass is 278 g/mol. The van der Waals surface area contributed by atoms with Crippen LogP contribution in [0.15, 0.2) is 18.2 Å². The first-order valence-electron chi connectivity index (χ1n) is 7.02. The Balaban J connectivity index is 1.94. The molecule has 0 radical (unpaired) electrons. The fourth-order valence-corrected chi connectivity index (χ4v) is 2.40. The molecule has 108 valence electrons. The SMILES string of the molecule is CC1(C)OB(c2cc(F)cc(C3(O)CC3)c2)OC1(C)C. The largest absolute Gasteiger partial charge is 0.494 e. The van der Waals surface area contributed by atoms with Crippen LogP contribution in [0.4, 0.5) is 4.39 Å². The molecule has 2 aliphatic rings. The fraction of sp³-hybridized carbons (Fsp3) is 0.600. The molecule has 0 spiro atoms. The predicted octanol–water partition coefficient (Wildman–Crippen LogP) is 2.11. The maximum absolute atomic E-state index is 13.8. The zero-order valence-electron chi connectivity index (χ0n) is 12.4. The Bertz CT molecular complexity index is 536. The van der Waals surface area contributed by atoms with Gasteiger partial charge in [0.25, 0.3) is 0 Å². The second kappa shape index (κ2) is 4.06. The van der Waals surface area contributed by atoms with Gasteiger partial charge in [0, 0.05) is 0 Å². The average molecular weight is 278 g/mol. The van der Waals surface area contributed by atoms with Crippen molar-refractivity contribution in [3.63, 3.8) is 0 Å². The van der Waals surface area contributed by atoms with Gasteiger partial charge in [0.15, 0.2) is 0 Å². The first-order valence-corrected chi connectivity index (χ1v) is 7.02. The van der Waals surface area contributed by atoms with Gasteiger partial charge in [-0.2, -0.15) is 0 Å². The molecule has 0 atom stereocenters. The van der Waals surface area contributed by atoms with E-state index in [2.05, 4.69) is 0 Å². The maximum atomic E-state index is 13.8. The van der Waals surface area contributed by atoms with E-state index in [9.17, 15) is 9.50 Å². The van der Waals surface area contributed by atoms with Crippen LogP contribution in [0, 0.1) is 5.82 Å². The molecule has 1 aromatic carbocycles. The van der Waals surface area contributed by atoms with E-state index < -0.39 is 23.9 Å². The van der Waals surface area contributed by atoms with Gasteiger partial charge in [-0.25, -0.2) is 4.39 Å². The average Bonchev–Trinajstić information content (AvgIpc) is 3.01. The third-order valence-corrected chi connectivity index (χ3v) is 4.71. The fourth-order valence-electron chi connectivity index (χ4n) is 2.40. The standard InChI is InChI=1S/C15H20BFO3/c1-13(2)14(3,4)20-16(19-13)11-7-10(8-12(17)9-11)15(18)5-6-15/h7-9,18H,5-6H2,1-4H3. The van der Waals surface area contributed by atoms with Crippen molar-refractivity contribution < 1.29 is 18.8 Å². The Morgan fingerprint density at radius 1 is 1.05 bits per heavy atom. The number of rotatable bonds is 2. The molecule has 3 rings (SSSR count). The van der Waals surface area contributed by atoms with E-state index in [4.69, 9.17) is 9.31 Å². The molecule has 20 heavy (non-hydrogen) atoms. The summed E-state index contributed by atoms with van der Waals surface area (Å²) in [6.45, 7) is 7.84. The van der Waals surface area contributed by atoms with Crippen molar-refractivity contribution in [1.29, 1.82) is 0 Å². The van der Waals surface area contributed by atoms with Crippen LogP contribution < -0.4 is 5.46 Å². The second-order valence-electron chi connectivity index (χ2n) is 6.89. The van der Waals surface area contributed by atoms with Gasteiger partial charge in [-0.3, -0.25) is 0 Å². The normalized spacial score (nSPS) is 25.8. The van der Waals surface area contributed by atoms with E-state index in [0.29, 0.717) is 23.9 Å². The molecular weight excluding hydrogens is 258 g/mol. The van der Waals surface area contributed by atoms with E-state index in [1.165, 1.54) is 12.1 Å². The minimum Gasteiger partial charge on any atom is -0.399 e. The van der Waals surface area contributed by atoms with Gasteiger partial charge in [0.05, 0.1) is 16.8 Å². The van der Waals surface area contributed by atoms with Gasteiger partial charge in [0.1, 0.15) is 5.82 Å². The summed E-state index contributed by atoms with van der Waals surface area (Å²) >= 11 is 0. The lowest BCUT2D eigenvalue weighted by Crippen LogP contribution is -2.41. The van der Waals surface area contributed by atoms with Crippen LogP contribution in [0.5, 0.6) is 0 Å². The molecule has 1 aliphatic heterocycles. The summed E-state index contributed by atoms with van der Waals surface area (Å²) in [7, 11) is -0.600. The minimum atomic E-state index is -0.861. The Kier molecular flexibility index (Phi) is 2.85. The molecule has 0 unspecified atom stereocenters. The first kappa shape index (κ1) is 14.0. The van der Waals surface area contributed by atoms with Crippen molar-refractivity contribution in [2.75, 3.05) is 0 Å². The van der Waals surface area contributed by atoms with Gasteiger partial charge in [-0.1, -0.05) is 6.07 Å². The van der Waals surface area contributed by atoms with Crippen molar-refractivity contribution in [1.82, 2.24) is 0 Å². The predicted molar refractivity (Wildman–Crippen MR) is 75.2 cm³/mol. The van der Waals surface area contributed by atoms with E-state index in [-0.39, 0.29) is 5.82 Å². The third-order valence-electron chi connectivity index (χ3n) is 4.71. The number of aliphatic hydroxyl groups is 1. The highest BCUT2D eigenvalue weighted by atomic mass is 19.1. The molecule has 1 saturated heterocycles. The molecule has 1 aromatic rings. The number of halogens is 1. The van der Waals surface area contributed by atoms with Crippen molar-refractivity contribution in [2.24, 2.45) is 0 Å². The Hall–Kier alpha value is -0.905. The van der Waals surface area contributed by atoms with Crippen molar-refractivity contribution in [3.8, 4) is 0 Å². The summed E-state index contributed by atoms with van der Waals surface area (Å²) in [4.78, 5) is 0. The van der Waals surface area contributed by atoms with Crippen molar-refractivity contribution >= 4 is 12.6 Å². The lowest BCUT2D eigenvalue weighted by molar-refractivity contribution is 0.00578. The van der Waals surface area contributed by atoms with E-state index in [1.807, 2.05) is 27.7 Å². The quantitative estimate of drug-likeness (QED) is 0.842. The first-order chi connectivity index (χ1) is 9.13. The van der Waals surface area contributed by atoms with Gasteiger partial charge >= 0.3 is 7.12 Å². The Morgan fingerprint density at radius 2 is 1.60 bits per heavy atom. The summed E-state index contributed by atoms with van der Waals surface area (Å²) in [5.41, 5.74) is -0.539. The zero-order chi connectivity index (χ0) is 14.8. The van der Waals surface area contributed by atoms with Gasteiger partial charge < -0.3 is 14.4 Å². The maximum Gasteiger partial charge on any atom is 0.494 e. The van der Waals surface area contributed by atoms with Crippen LogP contribution in [0.2, 0.25) is 0 Å². The highest BCUT2D eigenvalue weighted by Gasteiger charge is 2.52. The summed E-state index contributed by atoms with van der Waals surface area (Å²) in [5.74, 6) is -0.368. The Labute approximate surface area is 119 Å². The molecule has 1 aliphatic carbocycles. The summed E-state index contributed by atoms with van der Waals surface area (Å²) in [6.07, 6.45) is 1.36. The summed E-state index contributed by atoms with van der Waals surface area (Å²) < 4.78 is 25.6.